The average Bonchev–Trinajstić information content (AvgIpc) is 2.23. The van der Waals surface area contributed by atoms with Crippen LogP contribution in [0, 0.1) is 11.6 Å². The molecule has 16 heavy (non-hydrogen) atoms. The van der Waals surface area contributed by atoms with Crippen LogP contribution >= 0.6 is 11.6 Å². The molecule has 1 rings (SSSR count). The van der Waals surface area contributed by atoms with Gasteiger partial charge in [-0.05, 0) is 12.1 Å². The Kier molecular flexibility index (Phi) is 4.37. The molecule has 1 amide bonds. The molecule has 0 aliphatic heterocycles. The van der Waals surface area contributed by atoms with E-state index in [1.54, 1.807) is 0 Å². The van der Waals surface area contributed by atoms with E-state index in [1.165, 1.54) is 0 Å². The Morgan fingerprint density at radius 3 is 2.62 bits per heavy atom. The number of alkyl halides is 1. The van der Waals surface area contributed by atoms with Crippen molar-refractivity contribution < 1.29 is 18.4 Å². The van der Waals surface area contributed by atoms with Gasteiger partial charge in [-0.25, -0.2) is 8.78 Å². The molecule has 0 saturated carbocycles. The van der Waals surface area contributed by atoms with Gasteiger partial charge in [-0.3, -0.25) is 9.59 Å². The zero-order valence-electron chi connectivity index (χ0n) is 8.10. The maximum atomic E-state index is 13.1. The van der Waals surface area contributed by atoms with E-state index >= 15 is 0 Å². The first-order chi connectivity index (χ1) is 7.52. The lowest BCUT2D eigenvalue weighted by Crippen LogP contribution is -2.17. The summed E-state index contributed by atoms with van der Waals surface area (Å²) in [4.78, 5) is 22.0. The van der Waals surface area contributed by atoms with Gasteiger partial charge in [0.15, 0.2) is 5.78 Å². The molecular weight excluding hydrogens is 240 g/mol. The van der Waals surface area contributed by atoms with E-state index in [0.29, 0.717) is 0 Å². The van der Waals surface area contributed by atoms with E-state index in [-0.39, 0.29) is 11.6 Å². The summed E-state index contributed by atoms with van der Waals surface area (Å²) in [5, 5.41) is 2.08. The van der Waals surface area contributed by atoms with Gasteiger partial charge in [0, 0.05) is 6.07 Å². The number of carbonyl (C=O) groups is 2. The van der Waals surface area contributed by atoms with Crippen molar-refractivity contribution in [3.8, 4) is 0 Å². The molecule has 1 aromatic rings. The highest BCUT2D eigenvalue weighted by Crippen LogP contribution is 2.15. The third-order valence-corrected chi connectivity index (χ3v) is 2.01. The second kappa shape index (κ2) is 5.55. The van der Waals surface area contributed by atoms with Crippen molar-refractivity contribution in [2.24, 2.45) is 0 Å². The molecule has 0 fully saturated rings. The lowest BCUT2D eigenvalue weighted by molar-refractivity contribution is -0.124. The van der Waals surface area contributed by atoms with Crippen LogP contribution in [0.2, 0.25) is 0 Å². The van der Waals surface area contributed by atoms with Crippen LogP contribution in [0.1, 0.15) is 6.42 Å². The summed E-state index contributed by atoms with van der Waals surface area (Å²) in [7, 11) is 0. The van der Waals surface area contributed by atoms with Gasteiger partial charge in [-0.15, -0.1) is 11.6 Å². The Labute approximate surface area is 95.4 Å². The predicted molar refractivity (Wildman–Crippen MR) is 55.3 cm³/mol. The van der Waals surface area contributed by atoms with Crippen LogP contribution in [0.25, 0.3) is 0 Å². The van der Waals surface area contributed by atoms with Crippen molar-refractivity contribution in [2.45, 2.75) is 6.42 Å². The van der Waals surface area contributed by atoms with Crippen molar-refractivity contribution in [3.63, 3.8) is 0 Å². The minimum absolute atomic E-state index is 0.293. The molecule has 0 atom stereocenters. The predicted octanol–water partition coefficient (Wildman–Crippen LogP) is 2.10. The Morgan fingerprint density at radius 1 is 1.31 bits per heavy atom. The molecule has 1 aromatic carbocycles. The smallest absolute Gasteiger partial charge is 0.231 e. The summed E-state index contributed by atoms with van der Waals surface area (Å²) in [6.45, 7) is 0. The molecule has 0 saturated heterocycles. The Bertz CT molecular complexity index is 423. The van der Waals surface area contributed by atoms with Gasteiger partial charge >= 0.3 is 0 Å². The minimum Gasteiger partial charge on any atom is -0.323 e. The van der Waals surface area contributed by atoms with Gasteiger partial charge in [0.1, 0.15) is 11.6 Å². The zero-order valence-corrected chi connectivity index (χ0v) is 8.85. The number of hydrogen-bond acceptors (Lipinski definition) is 2. The molecule has 0 bridgehead atoms. The summed E-state index contributed by atoms with van der Waals surface area (Å²) in [6, 6.07) is 2.64. The van der Waals surface area contributed by atoms with Crippen LogP contribution in [-0.2, 0) is 9.59 Å². The first kappa shape index (κ1) is 12.6. The molecule has 0 aliphatic carbocycles. The van der Waals surface area contributed by atoms with Gasteiger partial charge in [0.05, 0.1) is 18.0 Å². The molecule has 0 aromatic heterocycles. The number of hydrogen-bond donors (Lipinski definition) is 1. The second-order valence-corrected chi connectivity index (χ2v) is 3.29. The maximum absolute atomic E-state index is 13.1. The summed E-state index contributed by atoms with van der Waals surface area (Å²) < 4.78 is 25.8. The summed E-state index contributed by atoms with van der Waals surface area (Å²) >= 11 is 5.19. The van der Waals surface area contributed by atoms with Gasteiger partial charge in [0.2, 0.25) is 5.91 Å². The van der Waals surface area contributed by atoms with E-state index in [0.717, 1.165) is 18.2 Å². The molecule has 1 N–H and O–H groups in total. The SMILES string of the molecule is O=C(CCl)CC(=O)Nc1cc(F)ccc1F. The van der Waals surface area contributed by atoms with Crippen molar-refractivity contribution in [1.29, 1.82) is 0 Å². The van der Waals surface area contributed by atoms with Gasteiger partial charge in [-0.2, -0.15) is 0 Å². The number of amides is 1. The van der Waals surface area contributed by atoms with Crippen molar-refractivity contribution in [1.82, 2.24) is 0 Å². The van der Waals surface area contributed by atoms with E-state index in [9.17, 15) is 18.4 Å². The topological polar surface area (TPSA) is 46.2 Å². The lowest BCUT2D eigenvalue weighted by Gasteiger charge is -2.05. The Balaban J connectivity index is 2.69. The van der Waals surface area contributed by atoms with E-state index < -0.39 is 29.7 Å². The molecule has 0 spiro atoms. The van der Waals surface area contributed by atoms with Crippen LogP contribution in [0.3, 0.4) is 0 Å². The second-order valence-electron chi connectivity index (χ2n) is 3.02. The van der Waals surface area contributed by atoms with Crippen molar-refractivity contribution in [3.05, 3.63) is 29.8 Å². The maximum Gasteiger partial charge on any atom is 0.231 e. The number of benzene rings is 1. The van der Waals surface area contributed by atoms with Crippen LogP contribution in [0.5, 0.6) is 0 Å². The number of halogens is 3. The largest absolute Gasteiger partial charge is 0.323 e. The standard InChI is InChI=1S/C10H8ClF2NO2/c11-5-7(15)4-10(16)14-9-3-6(12)1-2-8(9)13/h1-3H,4-5H2,(H,14,16). The molecule has 0 unspecified atom stereocenters. The van der Waals surface area contributed by atoms with Crippen LogP contribution in [-0.4, -0.2) is 17.6 Å². The first-order valence-electron chi connectivity index (χ1n) is 4.35. The van der Waals surface area contributed by atoms with Crippen LogP contribution in [0.4, 0.5) is 14.5 Å². The van der Waals surface area contributed by atoms with E-state index in [1.807, 2.05) is 0 Å². The molecule has 0 aliphatic rings. The third kappa shape index (κ3) is 3.58. The number of ketones is 1. The Hall–Kier alpha value is -1.49. The minimum atomic E-state index is -0.770. The number of Topliss-reactive ketones (excluding diaryl/α,β-unsaturated/α-hetero) is 1. The normalized spacial score (nSPS) is 9.94. The monoisotopic (exact) mass is 247 g/mol. The van der Waals surface area contributed by atoms with Crippen LogP contribution < -0.4 is 5.32 Å². The molecule has 0 radical (unpaired) electrons. The highest BCUT2D eigenvalue weighted by Gasteiger charge is 2.11. The number of carbonyl (C=O) groups excluding carboxylic acids is 2. The third-order valence-electron chi connectivity index (χ3n) is 1.71. The fraction of sp³-hybridized carbons (Fsp3) is 0.200. The number of nitrogens with one attached hydrogen (secondary N) is 1. The summed E-state index contributed by atoms with van der Waals surface area (Å²) in [6.07, 6.45) is -0.459. The molecule has 3 nitrogen and oxygen atoms in total. The van der Waals surface area contributed by atoms with Crippen molar-refractivity contribution >= 4 is 29.0 Å². The van der Waals surface area contributed by atoms with Gasteiger partial charge < -0.3 is 5.32 Å². The van der Waals surface area contributed by atoms with Crippen molar-refractivity contribution in [2.75, 3.05) is 11.2 Å². The fourth-order valence-corrected chi connectivity index (χ4v) is 1.11. The number of anilines is 1. The molecule has 0 heterocycles. The lowest BCUT2D eigenvalue weighted by atomic mass is 10.2. The highest BCUT2D eigenvalue weighted by molar-refractivity contribution is 6.29. The fourth-order valence-electron chi connectivity index (χ4n) is 1.01. The first-order valence-corrected chi connectivity index (χ1v) is 4.89. The number of rotatable bonds is 4. The van der Waals surface area contributed by atoms with Crippen LogP contribution in [0.15, 0.2) is 18.2 Å². The van der Waals surface area contributed by atoms with E-state index in [4.69, 9.17) is 11.6 Å². The summed E-state index contributed by atoms with van der Waals surface area (Å²) in [5.41, 5.74) is -0.299. The van der Waals surface area contributed by atoms with Gasteiger partial charge in [-0.1, -0.05) is 0 Å². The molecule has 86 valence electrons. The quantitative estimate of drug-likeness (QED) is 0.654. The average molecular weight is 248 g/mol. The van der Waals surface area contributed by atoms with E-state index in [2.05, 4.69) is 5.32 Å². The highest BCUT2D eigenvalue weighted by atomic mass is 35.5. The molecule has 6 heteroatoms. The zero-order chi connectivity index (χ0) is 12.1. The summed E-state index contributed by atoms with van der Waals surface area (Å²) in [5.74, 6) is -2.96. The van der Waals surface area contributed by atoms with Gasteiger partial charge in [0.25, 0.3) is 0 Å². The Morgan fingerprint density at radius 2 is 2.00 bits per heavy atom. The molecular formula is C10H8ClF2NO2.